The average Bonchev–Trinajstić information content (AvgIpc) is 2.74. The second-order valence-electron chi connectivity index (χ2n) is 6.93. The van der Waals surface area contributed by atoms with E-state index in [4.69, 9.17) is 14.2 Å². The van der Waals surface area contributed by atoms with Crippen LogP contribution in [-0.2, 0) is 19.6 Å². The summed E-state index contributed by atoms with van der Waals surface area (Å²) in [7, 11) is -2.48. The third kappa shape index (κ3) is 4.92. The molecule has 1 N–H and O–H groups in total. The molecule has 30 heavy (non-hydrogen) atoms. The van der Waals surface area contributed by atoms with E-state index in [0.717, 1.165) is 15.4 Å². The summed E-state index contributed by atoms with van der Waals surface area (Å²) in [4.78, 5) is 12.7. The van der Waals surface area contributed by atoms with Gasteiger partial charge in [-0.25, -0.2) is 8.42 Å². The number of ether oxygens (including phenoxy) is 3. The Morgan fingerprint density at radius 3 is 2.60 bits per heavy atom. The highest BCUT2D eigenvalue weighted by atomic mass is 32.2. The largest absolute Gasteiger partial charge is 0.486 e. The van der Waals surface area contributed by atoms with Gasteiger partial charge in [0.2, 0.25) is 15.9 Å². The van der Waals surface area contributed by atoms with Crippen LogP contribution in [0.2, 0.25) is 0 Å². The van der Waals surface area contributed by atoms with E-state index in [-0.39, 0.29) is 24.6 Å². The molecule has 3 rings (SSSR count). The van der Waals surface area contributed by atoms with E-state index in [1.165, 1.54) is 19.2 Å². The average molecular weight is 435 g/mol. The van der Waals surface area contributed by atoms with Gasteiger partial charge in [0.15, 0.2) is 11.5 Å². The molecule has 0 saturated heterocycles. The Labute approximate surface area is 176 Å². The molecule has 0 aliphatic carbocycles. The molecule has 0 radical (unpaired) electrons. The maximum Gasteiger partial charge on any atom is 0.243 e. The molecule has 0 aromatic heterocycles. The van der Waals surface area contributed by atoms with E-state index >= 15 is 0 Å². The number of rotatable bonds is 8. The number of amides is 1. The van der Waals surface area contributed by atoms with Crippen LogP contribution < -0.4 is 14.8 Å². The summed E-state index contributed by atoms with van der Waals surface area (Å²) in [5.41, 5.74) is 2.63. The fraction of sp³-hybridized carbons (Fsp3) is 0.381. The van der Waals surface area contributed by atoms with Crippen LogP contribution >= 0.6 is 0 Å². The SMILES string of the molecule is COCCN(CC(=O)Nc1cccc(C)c1C)S(=O)(=O)c1ccc2c(c1)OCCO2. The van der Waals surface area contributed by atoms with Gasteiger partial charge in [0.05, 0.1) is 18.0 Å². The van der Waals surface area contributed by atoms with Crippen molar-refractivity contribution in [3.8, 4) is 11.5 Å². The summed E-state index contributed by atoms with van der Waals surface area (Å²) in [6.07, 6.45) is 0. The van der Waals surface area contributed by atoms with Gasteiger partial charge in [-0.2, -0.15) is 4.31 Å². The number of fused-ring (bicyclic) bond motifs is 1. The number of sulfonamides is 1. The number of hydrogen-bond acceptors (Lipinski definition) is 6. The molecule has 0 unspecified atom stereocenters. The molecule has 1 heterocycles. The first-order chi connectivity index (χ1) is 14.3. The van der Waals surface area contributed by atoms with Crippen molar-refractivity contribution in [1.82, 2.24) is 4.31 Å². The van der Waals surface area contributed by atoms with Crippen LogP contribution in [-0.4, -0.2) is 58.7 Å². The molecule has 1 aliphatic rings. The van der Waals surface area contributed by atoms with Crippen LogP contribution in [0.5, 0.6) is 11.5 Å². The second kappa shape index (κ2) is 9.46. The summed E-state index contributed by atoms with van der Waals surface area (Å²) in [5, 5.41) is 2.80. The van der Waals surface area contributed by atoms with Crippen molar-refractivity contribution in [2.45, 2.75) is 18.7 Å². The van der Waals surface area contributed by atoms with Gasteiger partial charge in [0, 0.05) is 25.4 Å². The van der Waals surface area contributed by atoms with Gasteiger partial charge in [-0.15, -0.1) is 0 Å². The quantitative estimate of drug-likeness (QED) is 0.686. The van der Waals surface area contributed by atoms with Gasteiger partial charge in [-0.3, -0.25) is 4.79 Å². The molecule has 0 saturated carbocycles. The lowest BCUT2D eigenvalue weighted by Crippen LogP contribution is -2.40. The lowest BCUT2D eigenvalue weighted by atomic mass is 10.1. The van der Waals surface area contributed by atoms with E-state index in [1.807, 2.05) is 26.0 Å². The Bertz CT molecular complexity index is 1020. The number of nitrogens with zero attached hydrogens (tertiary/aromatic N) is 1. The van der Waals surface area contributed by atoms with E-state index in [0.29, 0.717) is 30.4 Å². The fourth-order valence-corrected chi connectivity index (χ4v) is 4.44. The van der Waals surface area contributed by atoms with Crippen LogP contribution in [0.15, 0.2) is 41.3 Å². The number of methoxy groups -OCH3 is 1. The van der Waals surface area contributed by atoms with Gasteiger partial charge in [-0.1, -0.05) is 12.1 Å². The predicted octanol–water partition coefficient (Wildman–Crippen LogP) is 2.35. The standard InChI is InChI=1S/C21H26N2O6S/c1-15-5-4-6-18(16(15)2)22-21(24)14-23(9-10-27-3)30(25,26)17-7-8-19-20(13-17)29-12-11-28-19/h4-8,13H,9-12,14H2,1-3H3,(H,22,24). The van der Waals surface area contributed by atoms with Gasteiger partial charge < -0.3 is 19.5 Å². The van der Waals surface area contributed by atoms with E-state index in [2.05, 4.69) is 5.32 Å². The highest BCUT2D eigenvalue weighted by Gasteiger charge is 2.28. The first kappa shape index (κ1) is 22.1. The number of hydrogen-bond donors (Lipinski definition) is 1. The molecule has 9 heteroatoms. The molecule has 162 valence electrons. The number of aryl methyl sites for hydroxylation is 1. The van der Waals surface area contributed by atoms with Gasteiger partial charge >= 0.3 is 0 Å². The fourth-order valence-electron chi connectivity index (χ4n) is 3.05. The maximum absolute atomic E-state index is 13.2. The Morgan fingerprint density at radius 2 is 1.87 bits per heavy atom. The minimum absolute atomic E-state index is 0.0300. The Morgan fingerprint density at radius 1 is 1.13 bits per heavy atom. The molecule has 1 amide bonds. The number of nitrogens with one attached hydrogen (secondary N) is 1. The summed E-state index contributed by atoms with van der Waals surface area (Å²) in [6.45, 7) is 4.46. The number of carbonyl (C=O) groups excluding carboxylic acids is 1. The van der Waals surface area contributed by atoms with Crippen LogP contribution in [0.25, 0.3) is 0 Å². The smallest absolute Gasteiger partial charge is 0.243 e. The van der Waals surface area contributed by atoms with Crippen LogP contribution in [0.3, 0.4) is 0 Å². The predicted molar refractivity (Wildman–Crippen MR) is 113 cm³/mol. The normalized spacial score (nSPS) is 13.3. The van der Waals surface area contributed by atoms with E-state index in [1.54, 1.807) is 12.1 Å². The third-order valence-corrected chi connectivity index (χ3v) is 6.74. The molecule has 2 aromatic carbocycles. The highest BCUT2D eigenvalue weighted by Crippen LogP contribution is 2.33. The van der Waals surface area contributed by atoms with Crippen molar-refractivity contribution in [2.75, 3.05) is 45.3 Å². The Kier molecular flexibility index (Phi) is 6.96. The second-order valence-corrected chi connectivity index (χ2v) is 8.87. The van der Waals surface area contributed by atoms with E-state index in [9.17, 15) is 13.2 Å². The molecule has 0 spiro atoms. The maximum atomic E-state index is 13.2. The summed E-state index contributed by atoms with van der Waals surface area (Å²) >= 11 is 0. The minimum Gasteiger partial charge on any atom is -0.486 e. The van der Waals surface area contributed by atoms with Crippen molar-refractivity contribution in [2.24, 2.45) is 0 Å². The molecule has 2 aromatic rings. The zero-order chi connectivity index (χ0) is 21.7. The minimum atomic E-state index is -3.96. The lowest BCUT2D eigenvalue weighted by molar-refractivity contribution is -0.116. The van der Waals surface area contributed by atoms with Crippen LogP contribution in [0, 0.1) is 13.8 Å². The van der Waals surface area contributed by atoms with Gasteiger partial charge in [0.1, 0.15) is 13.2 Å². The van der Waals surface area contributed by atoms with E-state index < -0.39 is 15.9 Å². The number of benzene rings is 2. The van der Waals surface area contributed by atoms with Crippen molar-refractivity contribution in [3.05, 3.63) is 47.5 Å². The Balaban J connectivity index is 1.82. The Hall–Kier alpha value is -2.62. The summed E-state index contributed by atoms with van der Waals surface area (Å²) < 4.78 is 43.5. The highest BCUT2D eigenvalue weighted by molar-refractivity contribution is 7.89. The first-order valence-electron chi connectivity index (χ1n) is 9.57. The van der Waals surface area contributed by atoms with Crippen molar-refractivity contribution in [3.63, 3.8) is 0 Å². The zero-order valence-electron chi connectivity index (χ0n) is 17.3. The molecule has 1 aliphatic heterocycles. The van der Waals surface area contributed by atoms with Crippen LogP contribution in [0.1, 0.15) is 11.1 Å². The first-order valence-corrected chi connectivity index (χ1v) is 11.0. The molecular formula is C21H26N2O6S. The molecule has 0 atom stereocenters. The zero-order valence-corrected chi connectivity index (χ0v) is 18.1. The third-order valence-electron chi connectivity index (χ3n) is 4.89. The summed E-state index contributed by atoms with van der Waals surface area (Å²) in [6, 6.07) is 10.0. The molecular weight excluding hydrogens is 408 g/mol. The monoisotopic (exact) mass is 434 g/mol. The van der Waals surface area contributed by atoms with Gasteiger partial charge in [-0.05, 0) is 43.2 Å². The van der Waals surface area contributed by atoms with Crippen molar-refractivity contribution >= 4 is 21.6 Å². The summed E-state index contributed by atoms with van der Waals surface area (Å²) in [5.74, 6) is 0.436. The van der Waals surface area contributed by atoms with Gasteiger partial charge in [0.25, 0.3) is 0 Å². The van der Waals surface area contributed by atoms with Crippen molar-refractivity contribution in [1.29, 1.82) is 0 Å². The number of carbonyl (C=O) groups is 1. The van der Waals surface area contributed by atoms with Crippen LogP contribution in [0.4, 0.5) is 5.69 Å². The number of anilines is 1. The molecule has 0 bridgehead atoms. The molecule has 0 fully saturated rings. The topological polar surface area (TPSA) is 94.2 Å². The molecule has 8 nitrogen and oxygen atoms in total. The lowest BCUT2D eigenvalue weighted by Gasteiger charge is -2.23. The van der Waals surface area contributed by atoms with Crippen molar-refractivity contribution < 1.29 is 27.4 Å².